The van der Waals surface area contributed by atoms with Crippen LogP contribution in [-0.4, -0.2) is 31.3 Å². The van der Waals surface area contributed by atoms with Gasteiger partial charge in [0.25, 0.3) is 5.91 Å². The van der Waals surface area contributed by atoms with E-state index in [0.717, 1.165) is 17.0 Å². The molecule has 158 valence electrons. The molecule has 1 N–H and O–H groups in total. The summed E-state index contributed by atoms with van der Waals surface area (Å²) >= 11 is 1.58. The SMILES string of the molecule is COc1ccc(N2C(=O)CS[C@H]2c2ccc(NC(=O)COc3ccccc3)cc2)cc1. The molecule has 4 rings (SSSR count). The fourth-order valence-electron chi connectivity index (χ4n) is 3.29. The van der Waals surface area contributed by atoms with Crippen molar-refractivity contribution < 1.29 is 19.1 Å². The molecule has 1 saturated heterocycles. The first-order chi connectivity index (χ1) is 15.1. The smallest absolute Gasteiger partial charge is 0.262 e. The zero-order valence-corrected chi connectivity index (χ0v) is 17.8. The van der Waals surface area contributed by atoms with Crippen molar-refractivity contribution in [3.8, 4) is 11.5 Å². The Morgan fingerprint density at radius 1 is 1.00 bits per heavy atom. The van der Waals surface area contributed by atoms with Crippen molar-refractivity contribution in [1.29, 1.82) is 0 Å². The van der Waals surface area contributed by atoms with Crippen molar-refractivity contribution in [3.63, 3.8) is 0 Å². The molecule has 0 radical (unpaired) electrons. The Kier molecular flexibility index (Phi) is 6.43. The molecule has 1 fully saturated rings. The van der Waals surface area contributed by atoms with Crippen molar-refractivity contribution in [2.75, 3.05) is 29.7 Å². The highest BCUT2D eigenvalue weighted by Gasteiger charge is 2.34. The van der Waals surface area contributed by atoms with Gasteiger partial charge in [-0.15, -0.1) is 11.8 Å². The zero-order chi connectivity index (χ0) is 21.6. The Hall–Kier alpha value is -3.45. The summed E-state index contributed by atoms with van der Waals surface area (Å²) in [6, 6.07) is 24.2. The Labute approximate surface area is 185 Å². The van der Waals surface area contributed by atoms with Crippen LogP contribution in [0, 0.1) is 0 Å². The summed E-state index contributed by atoms with van der Waals surface area (Å²) in [4.78, 5) is 26.5. The van der Waals surface area contributed by atoms with E-state index in [-0.39, 0.29) is 23.8 Å². The van der Waals surface area contributed by atoms with Crippen LogP contribution >= 0.6 is 11.8 Å². The lowest BCUT2D eigenvalue weighted by atomic mass is 10.1. The average molecular weight is 435 g/mol. The molecule has 3 aromatic carbocycles. The second-order valence-corrected chi connectivity index (χ2v) is 7.97. The van der Waals surface area contributed by atoms with E-state index in [0.29, 0.717) is 17.2 Å². The van der Waals surface area contributed by atoms with Gasteiger partial charge in [0.15, 0.2) is 6.61 Å². The molecule has 6 nitrogen and oxygen atoms in total. The van der Waals surface area contributed by atoms with Gasteiger partial charge in [-0.3, -0.25) is 14.5 Å². The van der Waals surface area contributed by atoms with Crippen LogP contribution in [-0.2, 0) is 9.59 Å². The van der Waals surface area contributed by atoms with Gasteiger partial charge >= 0.3 is 0 Å². The minimum absolute atomic E-state index is 0.0654. The zero-order valence-electron chi connectivity index (χ0n) is 17.0. The maximum absolute atomic E-state index is 12.5. The van der Waals surface area contributed by atoms with Crippen LogP contribution in [0.3, 0.4) is 0 Å². The van der Waals surface area contributed by atoms with Gasteiger partial charge < -0.3 is 14.8 Å². The van der Waals surface area contributed by atoms with Gasteiger partial charge in [-0.2, -0.15) is 0 Å². The topological polar surface area (TPSA) is 67.9 Å². The summed E-state index contributed by atoms with van der Waals surface area (Å²) in [6.07, 6.45) is 0. The number of benzene rings is 3. The van der Waals surface area contributed by atoms with Crippen LogP contribution in [0.25, 0.3) is 0 Å². The maximum Gasteiger partial charge on any atom is 0.262 e. The average Bonchev–Trinajstić information content (AvgIpc) is 3.20. The number of nitrogens with one attached hydrogen (secondary N) is 1. The van der Waals surface area contributed by atoms with Crippen LogP contribution in [0.4, 0.5) is 11.4 Å². The van der Waals surface area contributed by atoms with E-state index in [4.69, 9.17) is 9.47 Å². The lowest BCUT2D eigenvalue weighted by Gasteiger charge is -2.24. The fourth-order valence-corrected chi connectivity index (χ4v) is 4.46. The number of rotatable bonds is 7. The quantitative estimate of drug-likeness (QED) is 0.593. The lowest BCUT2D eigenvalue weighted by Crippen LogP contribution is -2.27. The van der Waals surface area contributed by atoms with Crippen LogP contribution < -0.4 is 19.7 Å². The first kappa shape index (κ1) is 20.8. The first-order valence-electron chi connectivity index (χ1n) is 9.79. The number of hydrogen-bond acceptors (Lipinski definition) is 5. The van der Waals surface area contributed by atoms with Crippen LogP contribution in [0.1, 0.15) is 10.9 Å². The minimum atomic E-state index is -0.234. The predicted octanol–water partition coefficient (Wildman–Crippen LogP) is 4.49. The highest BCUT2D eigenvalue weighted by Crippen LogP contribution is 2.42. The standard InChI is InChI=1S/C24H22N2O4S/c1-29-20-13-11-19(12-14-20)26-23(28)16-31-24(26)17-7-9-18(10-8-17)25-22(27)15-30-21-5-3-2-4-6-21/h2-14,24H,15-16H2,1H3,(H,25,27)/t24-/m0/s1. The molecule has 0 bridgehead atoms. The number of ether oxygens (including phenoxy) is 2. The highest BCUT2D eigenvalue weighted by molar-refractivity contribution is 8.00. The van der Waals surface area contributed by atoms with E-state index in [1.807, 2.05) is 66.7 Å². The van der Waals surface area contributed by atoms with Crippen molar-refractivity contribution in [2.45, 2.75) is 5.37 Å². The van der Waals surface area contributed by atoms with Crippen LogP contribution in [0.15, 0.2) is 78.9 Å². The second kappa shape index (κ2) is 9.57. The minimum Gasteiger partial charge on any atom is -0.497 e. The molecule has 1 heterocycles. The number of nitrogens with zero attached hydrogens (tertiary/aromatic N) is 1. The Morgan fingerprint density at radius 3 is 2.39 bits per heavy atom. The summed E-state index contributed by atoms with van der Waals surface area (Å²) in [5.74, 6) is 1.65. The number of hydrogen-bond donors (Lipinski definition) is 1. The predicted molar refractivity (Wildman–Crippen MR) is 123 cm³/mol. The second-order valence-electron chi connectivity index (χ2n) is 6.90. The Bertz CT molecular complexity index is 1040. The van der Waals surface area contributed by atoms with E-state index in [9.17, 15) is 9.59 Å². The van der Waals surface area contributed by atoms with Crippen LogP contribution in [0.2, 0.25) is 0 Å². The van der Waals surface area contributed by atoms with Crippen molar-refractivity contribution >= 4 is 35.0 Å². The van der Waals surface area contributed by atoms with E-state index in [1.165, 1.54) is 0 Å². The van der Waals surface area contributed by atoms with Gasteiger partial charge in [0.1, 0.15) is 16.9 Å². The molecule has 0 saturated carbocycles. The molecule has 0 aromatic heterocycles. The molecule has 31 heavy (non-hydrogen) atoms. The third-order valence-corrected chi connectivity index (χ3v) is 6.02. The summed E-state index contributed by atoms with van der Waals surface area (Å²) in [7, 11) is 1.61. The third-order valence-electron chi connectivity index (χ3n) is 4.81. The van der Waals surface area contributed by atoms with Crippen molar-refractivity contribution in [2.24, 2.45) is 0 Å². The number of anilines is 2. The molecular weight excluding hydrogens is 412 g/mol. The number of para-hydroxylation sites is 1. The fraction of sp³-hybridized carbons (Fsp3) is 0.167. The molecule has 0 unspecified atom stereocenters. The first-order valence-corrected chi connectivity index (χ1v) is 10.8. The molecule has 1 aliphatic rings. The van der Waals surface area contributed by atoms with E-state index >= 15 is 0 Å². The molecule has 1 atom stereocenters. The summed E-state index contributed by atoms with van der Waals surface area (Å²) in [6.45, 7) is -0.0655. The summed E-state index contributed by atoms with van der Waals surface area (Å²) in [5.41, 5.74) is 2.50. The normalized spacial score (nSPS) is 15.6. The highest BCUT2D eigenvalue weighted by atomic mass is 32.2. The monoisotopic (exact) mass is 434 g/mol. The summed E-state index contributed by atoms with van der Waals surface area (Å²) in [5, 5.41) is 2.71. The molecule has 2 amide bonds. The van der Waals surface area contributed by atoms with Gasteiger partial charge in [0.05, 0.1) is 12.9 Å². The van der Waals surface area contributed by atoms with E-state index in [2.05, 4.69) is 5.32 Å². The lowest BCUT2D eigenvalue weighted by molar-refractivity contribution is -0.118. The molecule has 0 aliphatic carbocycles. The largest absolute Gasteiger partial charge is 0.497 e. The Morgan fingerprint density at radius 2 is 1.71 bits per heavy atom. The van der Waals surface area contributed by atoms with Crippen LogP contribution in [0.5, 0.6) is 11.5 Å². The number of carbonyl (C=O) groups excluding carboxylic acids is 2. The molecule has 0 spiro atoms. The van der Waals surface area contributed by atoms with Gasteiger partial charge in [-0.05, 0) is 54.1 Å². The van der Waals surface area contributed by atoms with E-state index < -0.39 is 0 Å². The number of thioether (sulfide) groups is 1. The maximum atomic E-state index is 12.5. The van der Waals surface area contributed by atoms with Gasteiger partial charge in [-0.1, -0.05) is 30.3 Å². The number of carbonyl (C=O) groups is 2. The van der Waals surface area contributed by atoms with Gasteiger partial charge in [0.2, 0.25) is 5.91 Å². The summed E-state index contributed by atoms with van der Waals surface area (Å²) < 4.78 is 10.7. The Balaban J connectivity index is 1.40. The molecular formula is C24H22N2O4S. The number of methoxy groups -OCH3 is 1. The van der Waals surface area contributed by atoms with Gasteiger partial charge in [0, 0.05) is 11.4 Å². The molecule has 3 aromatic rings. The molecule has 7 heteroatoms. The molecule has 1 aliphatic heterocycles. The third kappa shape index (κ3) is 5.00. The van der Waals surface area contributed by atoms with Gasteiger partial charge in [-0.25, -0.2) is 0 Å². The van der Waals surface area contributed by atoms with Crippen molar-refractivity contribution in [1.82, 2.24) is 0 Å². The number of amides is 2. The van der Waals surface area contributed by atoms with Crippen molar-refractivity contribution in [3.05, 3.63) is 84.4 Å². The van der Waals surface area contributed by atoms with E-state index in [1.54, 1.807) is 35.9 Å².